The zero-order valence-corrected chi connectivity index (χ0v) is 28.2. The standard InChI is InChI=1S/C31H36FN5O.2C2HF3O2/c1-36-13-3-5-22(36)18-38-30-34-28-24(29(35-30)37-16-19-7-8-20(14-19)17-37)15-33-27(26(28)32)23-6-2-4-21-9-10-31(11-12-31)25(21)23;2*3-2(4,5)1(6)7/h2,4,6,15,19-20,22H,3,5,7-14,16-18H2,1H3;2*(H,6,7)/t19?,20?,22-;;/m0../s1. The number of ether oxygens (including phenoxy) is 1. The minimum absolute atomic E-state index is 0.237. The van der Waals surface area contributed by atoms with Crippen molar-refractivity contribution < 1.29 is 55.3 Å². The van der Waals surface area contributed by atoms with Crippen LogP contribution in [0.3, 0.4) is 0 Å². The van der Waals surface area contributed by atoms with Crippen LogP contribution in [-0.4, -0.2) is 93.7 Å². The number of fused-ring (bicyclic) bond motifs is 5. The first-order chi connectivity index (χ1) is 24.5. The zero-order valence-electron chi connectivity index (χ0n) is 28.2. The lowest BCUT2D eigenvalue weighted by atomic mass is 9.91. The number of rotatable bonds is 5. The average molecular weight is 742 g/mol. The highest BCUT2D eigenvalue weighted by molar-refractivity contribution is 5.92. The van der Waals surface area contributed by atoms with E-state index in [2.05, 4.69) is 35.0 Å². The van der Waals surface area contributed by atoms with Crippen LogP contribution in [0.1, 0.15) is 62.5 Å². The number of carboxylic acids is 2. The Morgan fingerprint density at radius 2 is 1.60 bits per heavy atom. The molecular formula is C35H38F7N5O5. The molecule has 2 saturated heterocycles. The molecule has 2 saturated carbocycles. The third-order valence-electron chi connectivity index (χ3n) is 10.8. The molecule has 2 N–H and O–H groups in total. The van der Waals surface area contributed by atoms with E-state index >= 15 is 4.39 Å². The molecule has 2 unspecified atom stereocenters. The van der Waals surface area contributed by atoms with E-state index in [1.807, 2.05) is 6.20 Å². The minimum atomic E-state index is -5.08. The maximum atomic E-state index is 16.6. The second-order valence-corrected chi connectivity index (χ2v) is 14.3. The molecule has 0 radical (unpaired) electrons. The Bertz CT molecular complexity index is 1800. The summed E-state index contributed by atoms with van der Waals surface area (Å²) < 4.78 is 86.2. The number of hydrogen-bond acceptors (Lipinski definition) is 8. The summed E-state index contributed by atoms with van der Waals surface area (Å²) in [5.74, 6) is -3.69. The second-order valence-electron chi connectivity index (χ2n) is 14.3. The van der Waals surface area contributed by atoms with E-state index in [1.54, 1.807) is 0 Å². The van der Waals surface area contributed by atoms with Crippen molar-refractivity contribution in [1.29, 1.82) is 0 Å². The van der Waals surface area contributed by atoms with Crippen LogP contribution in [0.5, 0.6) is 6.01 Å². The highest BCUT2D eigenvalue weighted by Gasteiger charge is 2.50. The Morgan fingerprint density at radius 1 is 0.962 bits per heavy atom. The van der Waals surface area contributed by atoms with E-state index in [0.717, 1.165) is 43.9 Å². The molecule has 5 aliphatic rings. The summed E-state index contributed by atoms with van der Waals surface area (Å²) in [6, 6.07) is 6.96. The van der Waals surface area contributed by atoms with Crippen molar-refractivity contribution in [2.75, 3.05) is 38.2 Å². The first-order valence-corrected chi connectivity index (χ1v) is 17.1. The molecule has 8 rings (SSSR count). The van der Waals surface area contributed by atoms with Crippen molar-refractivity contribution in [3.63, 3.8) is 0 Å². The number of aliphatic carboxylic acids is 2. The molecule has 2 bridgehead atoms. The quantitative estimate of drug-likeness (QED) is 0.270. The fraction of sp³-hybridized carbons (Fsp3) is 0.571. The maximum absolute atomic E-state index is 16.6. The van der Waals surface area contributed by atoms with Gasteiger partial charge in [0.15, 0.2) is 5.82 Å². The number of aromatic nitrogens is 3. The lowest BCUT2D eigenvalue weighted by Gasteiger charge is -2.33. The third kappa shape index (κ3) is 7.88. The van der Waals surface area contributed by atoms with E-state index < -0.39 is 24.3 Å². The summed E-state index contributed by atoms with van der Waals surface area (Å²) in [7, 11) is 2.14. The topological polar surface area (TPSA) is 129 Å². The molecule has 1 spiro atoms. The van der Waals surface area contributed by atoms with Gasteiger partial charge < -0.3 is 24.7 Å². The molecule has 0 amide bonds. The number of likely N-dealkylation sites (N-methyl/N-ethyl adjacent to an activating group) is 1. The fourth-order valence-corrected chi connectivity index (χ4v) is 8.04. The third-order valence-corrected chi connectivity index (χ3v) is 10.8. The predicted molar refractivity (Wildman–Crippen MR) is 174 cm³/mol. The molecule has 52 heavy (non-hydrogen) atoms. The van der Waals surface area contributed by atoms with Crippen LogP contribution in [0.15, 0.2) is 24.4 Å². The average Bonchev–Trinajstić information content (AvgIpc) is 3.42. The van der Waals surface area contributed by atoms with E-state index in [1.165, 1.54) is 56.1 Å². The fourth-order valence-electron chi connectivity index (χ4n) is 8.04. The summed E-state index contributed by atoms with van der Waals surface area (Å²) in [6.45, 7) is 3.54. The molecule has 282 valence electrons. The Kier molecular flexibility index (Phi) is 10.3. The number of piperidine rings is 1. The van der Waals surface area contributed by atoms with Gasteiger partial charge in [-0.15, -0.1) is 0 Å². The van der Waals surface area contributed by atoms with E-state index in [-0.39, 0.29) is 11.2 Å². The number of carbonyl (C=O) groups is 2. The van der Waals surface area contributed by atoms with Crippen LogP contribution in [0, 0.1) is 17.7 Å². The van der Waals surface area contributed by atoms with Gasteiger partial charge in [0.1, 0.15) is 23.6 Å². The lowest BCUT2D eigenvalue weighted by Crippen LogP contribution is -2.37. The van der Waals surface area contributed by atoms with E-state index in [0.29, 0.717) is 47.1 Å². The zero-order chi connectivity index (χ0) is 37.6. The number of likely N-dealkylation sites (tertiary alicyclic amines) is 1. The van der Waals surface area contributed by atoms with Gasteiger partial charge in [-0.3, -0.25) is 4.98 Å². The van der Waals surface area contributed by atoms with Gasteiger partial charge in [-0.25, -0.2) is 14.0 Å². The van der Waals surface area contributed by atoms with Gasteiger partial charge in [-0.2, -0.15) is 36.3 Å². The molecule has 2 aromatic heterocycles. The van der Waals surface area contributed by atoms with E-state index in [9.17, 15) is 26.3 Å². The number of halogens is 7. The number of alkyl halides is 6. The number of benzene rings is 1. The monoisotopic (exact) mass is 741 g/mol. The van der Waals surface area contributed by atoms with Crippen molar-refractivity contribution in [2.45, 2.75) is 81.6 Å². The van der Waals surface area contributed by atoms with Crippen LogP contribution in [-0.2, 0) is 21.4 Å². The van der Waals surface area contributed by atoms with E-state index in [4.69, 9.17) is 39.5 Å². The van der Waals surface area contributed by atoms with Crippen LogP contribution >= 0.6 is 0 Å². The summed E-state index contributed by atoms with van der Waals surface area (Å²) in [5, 5.41) is 15.0. The Hall–Kier alpha value is -4.28. The van der Waals surface area contributed by atoms with Crippen molar-refractivity contribution in [2.24, 2.45) is 11.8 Å². The Morgan fingerprint density at radius 3 is 2.15 bits per heavy atom. The molecule has 10 nitrogen and oxygen atoms in total. The molecule has 2 aliphatic heterocycles. The number of pyridine rings is 1. The number of aryl methyl sites for hydroxylation is 1. The van der Waals surface area contributed by atoms with Crippen molar-refractivity contribution >= 4 is 28.7 Å². The second kappa shape index (κ2) is 14.3. The summed E-state index contributed by atoms with van der Waals surface area (Å²) in [6.07, 6.45) is 2.44. The van der Waals surface area contributed by atoms with Gasteiger partial charge >= 0.3 is 30.3 Å². The van der Waals surface area contributed by atoms with Crippen LogP contribution in [0.4, 0.5) is 36.6 Å². The van der Waals surface area contributed by atoms with Crippen LogP contribution in [0.2, 0.25) is 0 Å². The molecule has 3 aliphatic carbocycles. The molecule has 3 atom stereocenters. The lowest BCUT2D eigenvalue weighted by molar-refractivity contribution is -0.193. The molecule has 4 heterocycles. The highest BCUT2D eigenvalue weighted by atomic mass is 19.4. The maximum Gasteiger partial charge on any atom is 0.490 e. The number of hydrogen-bond donors (Lipinski definition) is 2. The Balaban J connectivity index is 0.000000283. The van der Waals surface area contributed by atoms with Gasteiger partial charge in [-0.05, 0) is 99.8 Å². The predicted octanol–water partition coefficient (Wildman–Crippen LogP) is 6.78. The minimum Gasteiger partial charge on any atom is -0.475 e. The van der Waals surface area contributed by atoms with Crippen molar-refractivity contribution in [3.8, 4) is 17.3 Å². The first-order valence-electron chi connectivity index (χ1n) is 17.1. The van der Waals surface area contributed by atoms with Crippen molar-refractivity contribution in [3.05, 3.63) is 41.3 Å². The summed E-state index contributed by atoms with van der Waals surface area (Å²) >= 11 is 0. The van der Waals surface area contributed by atoms with Gasteiger partial charge in [0.05, 0.1) is 5.39 Å². The normalized spacial score (nSPS) is 23.1. The van der Waals surface area contributed by atoms with Crippen LogP contribution < -0.4 is 9.64 Å². The Labute approximate surface area is 294 Å². The summed E-state index contributed by atoms with van der Waals surface area (Å²) in [4.78, 5) is 36.9. The molecule has 4 fully saturated rings. The van der Waals surface area contributed by atoms with Gasteiger partial charge in [-0.1, -0.05) is 18.2 Å². The largest absolute Gasteiger partial charge is 0.490 e. The summed E-state index contributed by atoms with van der Waals surface area (Å²) in [5.41, 5.74) is 4.63. The van der Waals surface area contributed by atoms with Gasteiger partial charge in [0.25, 0.3) is 0 Å². The molecular weight excluding hydrogens is 703 g/mol. The number of nitrogens with zero attached hydrogens (tertiary/aromatic N) is 5. The van der Waals surface area contributed by atoms with Crippen LogP contribution in [0.25, 0.3) is 22.2 Å². The molecule has 3 aromatic rings. The highest BCUT2D eigenvalue weighted by Crippen LogP contribution is 2.59. The molecule has 17 heteroatoms. The van der Waals surface area contributed by atoms with Gasteiger partial charge in [0.2, 0.25) is 0 Å². The first kappa shape index (κ1) is 37.5. The van der Waals surface area contributed by atoms with Gasteiger partial charge in [0, 0.05) is 30.9 Å². The smallest absolute Gasteiger partial charge is 0.475 e. The molecule has 1 aromatic carbocycles. The number of anilines is 1. The SMILES string of the molecule is CN1CCC[C@H]1COc1nc(N2CC3CCC(C3)C2)c2cnc(-c3cccc4c3C3(CC4)CC3)c(F)c2n1.O=C(O)C(F)(F)F.O=C(O)C(F)(F)F. The van der Waals surface area contributed by atoms with Crippen molar-refractivity contribution in [1.82, 2.24) is 19.9 Å². The number of carboxylic acid groups (broad SMARTS) is 2.